The number of halogens is 1. The van der Waals surface area contributed by atoms with Crippen LogP contribution in [0.1, 0.15) is 12.0 Å². The Bertz CT molecular complexity index is 796. The van der Waals surface area contributed by atoms with Crippen LogP contribution in [-0.2, 0) is 10.0 Å². The van der Waals surface area contributed by atoms with Gasteiger partial charge in [0, 0.05) is 24.0 Å². The minimum atomic E-state index is -3.56. The Morgan fingerprint density at radius 1 is 1.26 bits per heavy atom. The van der Waals surface area contributed by atoms with Gasteiger partial charge in [-0.15, -0.1) is 0 Å². The van der Waals surface area contributed by atoms with Gasteiger partial charge in [-0.05, 0) is 43.2 Å². The molecule has 0 N–H and O–H groups in total. The van der Waals surface area contributed by atoms with Crippen LogP contribution in [0.15, 0.2) is 47.6 Å². The molecule has 23 heavy (non-hydrogen) atoms. The molecule has 0 radical (unpaired) electrons. The molecule has 5 nitrogen and oxygen atoms in total. The van der Waals surface area contributed by atoms with Gasteiger partial charge in [0.25, 0.3) is 0 Å². The molecule has 122 valence electrons. The summed E-state index contributed by atoms with van der Waals surface area (Å²) in [5.74, 6) is 0.697. The Hall–Kier alpha value is -1.63. The van der Waals surface area contributed by atoms with Crippen molar-refractivity contribution in [2.75, 3.05) is 13.1 Å². The minimum absolute atomic E-state index is 0.160. The second-order valence-electron chi connectivity index (χ2n) is 5.44. The van der Waals surface area contributed by atoms with E-state index >= 15 is 0 Å². The summed E-state index contributed by atoms with van der Waals surface area (Å²) in [7, 11) is -3.56. The largest absolute Gasteiger partial charge is 0.489 e. The summed E-state index contributed by atoms with van der Waals surface area (Å²) in [5.41, 5.74) is 0.577. The lowest BCUT2D eigenvalue weighted by molar-refractivity contribution is 0.215. The molecule has 2 aromatic rings. The van der Waals surface area contributed by atoms with Crippen LogP contribution in [0.25, 0.3) is 0 Å². The Kier molecular flexibility index (Phi) is 4.57. The molecule has 1 aromatic heterocycles. The lowest BCUT2D eigenvalue weighted by Gasteiger charge is -2.18. The van der Waals surface area contributed by atoms with E-state index in [2.05, 4.69) is 4.98 Å². The van der Waals surface area contributed by atoms with E-state index in [-0.39, 0.29) is 11.0 Å². The molecule has 1 aliphatic heterocycles. The van der Waals surface area contributed by atoms with Crippen LogP contribution in [-0.4, -0.2) is 36.9 Å². The van der Waals surface area contributed by atoms with Crippen molar-refractivity contribution in [1.29, 1.82) is 0 Å². The van der Waals surface area contributed by atoms with Gasteiger partial charge in [0.1, 0.15) is 11.9 Å². The maximum absolute atomic E-state index is 12.8. The minimum Gasteiger partial charge on any atom is -0.489 e. The lowest BCUT2D eigenvalue weighted by Crippen LogP contribution is -2.31. The smallest absolute Gasteiger partial charge is 0.243 e. The summed E-state index contributed by atoms with van der Waals surface area (Å²) in [5, 5.41) is 0.454. The zero-order valence-corrected chi connectivity index (χ0v) is 14.2. The van der Waals surface area contributed by atoms with Gasteiger partial charge in [-0.3, -0.25) is 4.98 Å². The zero-order chi connectivity index (χ0) is 16.4. The Labute approximate surface area is 140 Å². The molecule has 0 amide bonds. The third-order valence-corrected chi connectivity index (χ3v) is 6.32. The van der Waals surface area contributed by atoms with E-state index in [1.165, 1.54) is 4.31 Å². The Morgan fingerprint density at radius 3 is 2.74 bits per heavy atom. The predicted molar refractivity (Wildman–Crippen MR) is 88.2 cm³/mol. The molecule has 3 rings (SSSR count). The van der Waals surface area contributed by atoms with Crippen LogP contribution in [0, 0.1) is 6.92 Å². The number of pyridine rings is 1. The van der Waals surface area contributed by atoms with E-state index in [0.29, 0.717) is 35.8 Å². The molecule has 1 aliphatic rings. The van der Waals surface area contributed by atoms with Crippen molar-refractivity contribution < 1.29 is 13.2 Å². The fourth-order valence-electron chi connectivity index (χ4n) is 2.63. The first-order chi connectivity index (χ1) is 11.0. The summed E-state index contributed by atoms with van der Waals surface area (Å²) < 4.78 is 32.9. The van der Waals surface area contributed by atoms with Gasteiger partial charge >= 0.3 is 0 Å². The average Bonchev–Trinajstić information content (AvgIpc) is 3.00. The summed E-state index contributed by atoms with van der Waals surface area (Å²) in [6, 6.07) is 8.46. The third-order valence-electron chi connectivity index (χ3n) is 3.90. The van der Waals surface area contributed by atoms with Gasteiger partial charge in [0.15, 0.2) is 0 Å². The van der Waals surface area contributed by atoms with Crippen molar-refractivity contribution in [3.63, 3.8) is 0 Å². The van der Waals surface area contributed by atoms with E-state index in [1.54, 1.807) is 49.6 Å². The summed E-state index contributed by atoms with van der Waals surface area (Å²) >= 11 is 6.05. The summed E-state index contributed by atoms with van der Waals surface area (Å²) in [6.07, 6.45) is 3.79. The van der Waals surface area contributed by atoms with Crippen LogP contribution in [0.2, 0.25) is 5.02 Å². The zero-order valence-electron chi connectivity index (χ0n) is 12.6. The highest BCUT2D eigenvalue weighted by atomic mass is 35.5. The molecule has 0 bridgehead atoms. The van der Waals surface area contributed by atoms with Crippen molar-refractivity contribution in [3.8, 4) is 5.75 Å². The number of hydrogen-bond acceptors (Lipinski definition) is 4. The number of ether oxygens (including phenoxy) is 1. The number of nitrogens with zero attached hydrogens (tertiary/aromatic N) is 2. The van der Waals surface area contributed by atoms with Crippen LogP contribution >= 0.6 is 11.6 Å². The number of hydrogen-bond donors (Lipinski definition) is 0. The molecule has 1 fully saturated rings. The Balaban J connectivity index is 1.76. The lowest BCUT2D eigenvalue weighted by atomic mass is 10.2. The van der Waals surface area contributed by atoms with Crippen molar-refractivity contribution in [2.24, 2.45) is 0 Å². The van der Waals surface area contributed by atoms with E-state index in [0.717, 1.165) is 0 Å². The van der Waals surface area contributed by atoms with Gasteiger partial charge in [-0.1, -0.05) is 17.7 Å². The number of rotatable bonds is 4. The highest BCUT2D eigenvalue weighted by Crippen LogP contribution is 2.28. The molecular formula is C16H17ClN2O3S. The van der Waals surface area contributed by atoms with Crippen molar-refractivity contribution in [1.82, 2.24) is 9.29 Å². The molecule has 1 aromatic carbocycles. The summed E-state index contributed by atoms with van der Waals surface area (Å²) in [4.78, 5) is 4.19. The third kappa shape index (κ3) is 3.34. The van der Waals surface area contributed by atoms with Gasteiger partial charge < -0.3 is 4.74 Å². The van der Waals surface area contributed by atoms with Gasteiger partial charge in [-0.25, -0.2) is 8.42 Å². The van der Waals surface area contributed by atoms with Crippen LogP contribution in [0.3, 0.4) is 0 Å². The van der Waals surface area contributed by atoms with Crippen LogP contribution in [0.5, 0.6) is 5.75 Å². The van der Waals surface area contributed by atoms with E-state index in [4.69, 9.17) is 16.3 Å². The van der Waals surface area contributed by atoms with Crippen LogP contribution in [0.4, 0.5) is 0 Å². The fraction of sp³-hybridized carbons (Fsp3) is 0.312. The maximum Gasteiger partial charge on any atom is 0.243 e. The summed E-state index contributed by atoms with van der Waals surface area (Å²) in [6.45, 7) is 2.48. The molecule has 1 saturated heterocycles. The highest BCUT2D eigenvalue weighted by molar-refractivity contribution is 7.89. The Morgan fingerprint density at radius 2 is 2.00 bits per heavy atom. The molecule has 2 heterocycles. The molecule has 7 heteroatoms. The molecule has 1 unspecified atom stereocenters. The first-order valence-electron chi connectivity index (χ1n) is 7.30. The van der Waals surface area contributed by atoms with Crippen molar-refractivity contribution >= 4 is 21.6 Å². The van der Waals surface area contributed by atoms with E-state index in [9.17, 15) is 8.42 Å². The average molecular weight is 353 g/mol. The molecule has 0 spiro atoms. The molecule has 0 aliphatic carbocycles. The topological polar surface area (TPSA) is 59.5 Å². The maximum atomic E-state index is 12.8. The molecule has 1 atom stereocenters. The van der Waals surface area contributed by atoms with E-state index in [1.807, 2.05) is 0 Å². The number of aromatic nitrogens is 1. The monoisotopic (exact) mass is 352 g/mol. The number of benzene rings is 1. The van der Waals surface area contributed by atoms with Gasteiger partial charge in [0.2, 0.25) is 10.0 Å². The van der Waals surface area contributed by atoms with Crippen molar-refractivity contribution in [3.05, 3.63) is 53.3 Å². The molecule has 0 saturated carbocycles. The predicted octanol–water partition coefficient (Wildman–Crippen LogP) is 2.89. The second kappa shape index (κ2) is 6.47. The quantitative estimate of drug-likeness (QED) is 0.849. The van der Waals surface area contributed by atoms with Gasteiger partial charge in [-0.2, -0.15) is 4.31 Å². The number of sulfonamides is 1. The fourth-order valence-corrected chi connectivity index (χ4v) is 4.59. The second-order valence-corrected chi connectivity index (χ2v) is 7.75. The van der Waals surface area contributed by atoms with Crippen LogP contribution < -0.4 is 4.74 Å². The normalized spacial score (nSPS) is 19.0. The standard InChI is InChI=1S/C16H17ClN2O3S/c1-12-15(17)3-2-4-16(12)23(20,21)19-10-7-14(11-19)22-13-5-8-18-9-6-13/h2-6,8-9,14H,7,10-11H2,1H3. The first kappa shape index (κ1) is 16.2. The SMILES string of the molecule is Cc1c(Cl)cccc1S(=O)(=O)N1CCC(Oc2ccncc2)C1. The van der Waals surface area contributed by atoms with Crippen molar-refractivity contribution in [2.45, 2.75) is 24.3 Å². The first-order valence-corrected chi connectivity index (χ1v) is 9.12. The highest BCUT2D eigenvalue weighted by Gasteiger charge is 2.34. The van der Waals surface area contributed by atoms with E-state index < -0.39 is 10.0 Å². The molecular weight excluding hydrogens is 336 g/mol. The van der Waals surface area contributed by atoms with Gasteiger partial charge in [0.05, 0.1) is 11.4 Å².